The summed E-state index contributed by atoms with van der Waals surface area (Å²) in [5.74, 6) is 1.62. The molecule has 0 aromatic rings. The molecule has 1 N–H and O–H groups in total. The molecule has 0 saturated heterocycles. The minimum Gasteiger partial charge on any atom is -0.455 e. The molecule has 0 radical (unpaired) electrons. The van der Waals surface area contributed by atoms with Crippen molar-refractivity contribution in [2.45, 2.75) is 61.7 Å². The Labute approximate surface area is 146 Å². The predicted molar refractivity (Wildman–Crippen MR) is 87.2 cm³/mol. The van der Waals surface area contributed by atoms with Crippen LogP contribution in [0.15, 0.2) is 0 Å². The highest BCUT2D eigenvalue weighted by Gasteiger charge is 2.69. The van der Waals surface area contributed by atoms with Gasteiger partial charge in [0.2, 0.25) is 0 Å². The second-order valence-corrected chi connectivity index (χ2v) is 10.0. The van der Waals surface area contributed by atoms with Gasteiger partial charge in [0.15, 0.2) is 6.61 Å². The largest absolute Gasteiger partial charge is 0.455 e. The highest BCUT2D eigenvalue weighted by atomic mass is 35.5. The number of nitrogens with one attached hydrogen (secondary N) is 1. The molecule has 5 saturated carbocycles. The lowest BCUT2D eigenvalue weighted by Gasteiger charge is -2.56. The lowest BCUT2D eigenvalue weighted by atomic mass is 9.53. The van der Waals surface area contributed by atoms with Crippen molar-refractivity contribution in [2.75, 3.05) is 6.61 Å². The first-order valence-electron chi connectivity index (χ1n) is 8.57. The van der Waals surface area contributed by atoms with Gasteiger partial charge in [0.1, 0.15) is 9.75 Å². The number of amides is 1. The third-order valence-electron chi connectivity index (χ3n) is 6.49. The van der Waals surface area contributed by atoms with Crippen LogP contribution in [0, 0.1) is 23.2 Å². The highest BCUT2D eigenvalue weighted by Crippen LogP contribution is 2.64. The van der Waals surface area contributed by atoms with Gasteiger partial charge in [-0.15, -0.1) is 23.2 Å². The molecule has 1 atom stereocenters. The lowest BCUT2D eigenvalue weighted by Crippen LogP contribution is -2.60. The summed E-state index contributed by atoms with van der Waals surface area (Å²) < 4.78 is 4.11. The molecule has 0 heterocycles. The van der Waals surface area contributed by atoms with Gasteiger partial charge in [0.25, 0.3) is 5.91 Å². The zero-order chi connectivity index (χ0) is 16.5. The van der Waals surface area contributed by atoms with Crippen molar-refractivity contribution in [1.82, 2.24) is 5.32 Å². The molecule has 0 unspecified atom stereocenters. The summed E-state index contributed by atoms with van der Waals surface area (Å²) in [7, 11) is 0. The number of hydrogen-bond acceptors (Lipinski definition) is 3. The van der Waals surface area contributed by atoms with Gasteiger partial charge in [-0.2, -0.15) is 0 Å². The van der Waals surface area contributed by atoms with Gasteiger partial charge in [-0.3, -0.25) is 9.59 Å². The second-order valence-electron chi connectivity index (χ2n) is 8.54. The molecule has 0 aromatic carbocycles. The van der Waals surface area contributed by atoms with Gasteiger partial charge in [-0.25, -0.2) is 0 Å². The van der Waals surface area contributed by atoms with Crippen molar-refractivity contribution in [2.24, 2.45) is 23.2 Å². The van der Waals surface area contributed by atoms with E-state index < -0.39 is 15.7 Å². The quantitative estimate of drug-likeness (QED) is 0.619. The zero-order valence-corrected chi connectivity index (χ0v) is 14.9. The van der Waals surface area contributed by atoms with E-state index >= 15 is 0 Å². The summed E-state index contributed by atoms with van der Waals surface area (Å²) in [6.07, 6.45) is 7.62. The number of hydrogen-bond donors (Lipinski definition) is 1. The number of ether oxygens (including phenoxy) is 1. The van der Waals surface area contributed by atoms with Crippen molar-refractivity contribution in [1.29, 1.82) is 0 Å². The zero-order valence-electron chi connectivity index (χ0n) is 13.4. The molecule has 5 aliphatic carbocycles. The summed E-state index contributed by atoms with van der Waals surface area (Å²) in [5.41, 5.74) is -0.929. The summed E-state index contributed by atoms with van der Waals surface area (Å²) in [5, 5.41) is 3.19. The first kappa shape index (κ1) is 16.0. The molecule has 4 bridgehead atoms. The third-order valence-corrected chi connectivity index (χ3v) is 7.59. The first-order valence-corrected chi connectivity index (χ1v) is 9.33. The van der Waals surface area contributed by atoms with E-state index in [1.54, 1.807) is 6.92 Å². The fourth-order valence-electron chi connectivity index (χ4n) is 5.51. The minimum absolute atomic E-state index is 0.0511. The van der Waals surface area contributed by atoms with E-state index in [0.717, 1.165) is 37.0 Å². The number of carbonyl (C=O) groups is 2. The number of carbonyl (C=O) groups excluding carboxylic acids is 2. The summed E-state index contributed by atoms with van der Waals surface area (Å²) in [4.78, 5) is 24.3. The number of halogens is 2. The van der Waals surface area contributed by atoms with Crippen molar-refractivity contribution >= 4 is 35.1 Å². The minimum atomic E-state index is -1.06. The fourth-order valence-corrected chi connectivity index (χ4v) is 6.20. The fraction of sp³-hybridized carbons (Fsp3) is 0.882. The van der Waals surface area contributed by atoms with E-state index in [4.69, 9.17) is 27.9 Å². The Hall–Kier alpha value is -0.480. The Morgan fingerprint density at radius 3 is 2.00 bits per heavy atom. The van der Waals surface area contributed by atoms with Crippen LogP contribution in [0.2, 0.25) is 0 Å². The predicted octanol–water partition coefficient (Wildman–Crippen LogP) is 3.20. The summed E-state index contributed by atoms with van der Waals surface area (Å²) in [6.45, 7) is 1.44. The van der Waals surface area contributed by atoms with Crippen LogP contribution >= 0.6 is 23.2 Å². The van der Waals surface area contributed by atoms with Crippen molar-refractivity contribution in [3.8, 4) is 0 Å². The maximum atomic E-state index is 12.3. The standard InChI is InChI=1S/C17H23Cl2NO3/c1-15(9-17(15,18)19)14(22)23-8-13(21)20-16-5-10-2-11(6-16)4-12(3-10)7-16/h10-12H,2-9H2,1H3,(H,20,21)/t10?,11?,12?,15-,16?/m1/s1. The molecule has 4 nitrogen and oxygen atoms in total. The molecular formula is C17H23Cl2NO3. The van der Waals surface area contributed by atoms with Crippen LogP contribution in [0.5, 0.6) is 0 Å². The van der Waals surface area contributed by atoms with Gasteiger partial charge in [0, 0.05) is 12.0 Å². The van der Waals surface area contributed by atoms with Crippen LogP contribution in [-0.4, -0.2) is 28.4 Å². The molecule has 5 rings (SSSR count). The molecule has 0 aliphatic heterocycles. The van der Waals surface area contributed by atoms with Gasteiger partial charge < -0.3 is 10.1 Å². The van der Waals surface area contributed by atoms with Gasteiger partial charge >= 0.3 is 5.97 Å². The molecule has 128 valence electrons. The molecule has 23 heavy (non-hydrogen) atoms. The molecule has 0 aromatic heterocycles. The highest BCUT2D eigenvalue weighted by molar-refractivity contribution is 6.53. The average Bonchev–Trinajstić information content (AvgIpc) is 2.94. The molecule has 5 aliphatic rings. The molecular weight excluding hydrogens is 337 g/mol. The maximum absolute atomic E-state index is 12.3. The van der Waals surface area contributed by atoms with E-state index in [0.29, 0.717) is 6.42 Å². The Bertz CT molecular complexity index is 527. The van der Waals surface area contributed by atoms with Crippen LogP contribution in [0.3, 0.4) is 0 Å². The van der Waals surface area contributed by atoms with Crippen LogP contribution in [0.4, 0.5) is 0 Å². The first-order chi connectivity index (χ1) is 10.7. The Morgan fingerprint density at radius 1 is 1.09 bits per heavy atom. The number of rotatable bonds is 4. The Balaban J connectivity index is 1.32. The van der Waals surface area contributed by atoms with Gasteiger partial charge in [-0.05, 0) is 63.2 Å². The van der Waals surface area contributed by atoms with Crippen LogP contribution in [0.25, 0.3) is 0 Å². The Kier molecular flexibility index (Phi) is 3.49. The second kappa shape index (κ2) is 5.01. The summed E-state index contributed by atoms with van der Waals surface area (Å²) >= 11 is 11.9. The number of alkyl halides is 2. The lowest BCUT2D eigenvalue weighted by molar-refractivity contribution is -0.154. The van der Waals surface area contributed by atoms with Crippen LogP contribution in [0.1, 0.15) is 51.9 Å². The third kappa shape index (κ3) is 2.66. The SMILES string of the molecule is C[C@]1(C(=O)OCC(=O)NC23CC4CC(CC(C4)C2)C3)CC1(Cl)Cl. The van der Waals surface area contributed by atoms with E-state index in [1.807, 2.05) is 0 Å². The van der Waals surface area contributed by atoms with E-state index in [9.17, 15) is 9.59 Å². The molecule has 1 amide bonds. The summed E-state index contributed by atoms with van der Waals surface area (Å²) in [6, 6.07) is 0. The maximum Gasteiger partial charge on any atom is 0.315 e. The number of esters is 1. The van der Waals surface area contributed by atoms with Crippen LogP contribution in [-0.2, 0) is 14.3 Å². The van der Waals surface area contributed by atoms with E-state index in [-0.39, 0.29) is 18.1 Å². The molecule has 5 fully saturated rings. The topological polar surface area (TPSA) is 55.4 Å². The van der Waals surface area contributed by atoms with E-state index in [1.165, 1.54) is 19.3 Å². The van der Waals surface area contributed by atoms with Crippen molar-refractivity contribution in [3.05, 3.63) is 0 Å². The molecule has 6 heteroatoms. The Morgan fingerprint density at radius 2 is 1.57 bits per heavy atom. The van der Waals surface area contributed by atoms with E-state index in [2.05, 4.69) is 5.32 Å². The van der Waals surface area contributed by atoms with Gasteiger partial charge in [0.05, 0.1) is 0 Å². The van der Waals surface area contributed by atoms with Gasteiger partial charge in [-0.1, -0.05) is 0 Å². The smallest absolute Gasteiger partial charge is 0.315 e. The molecule has 0 spiro atoms. The average molecular weight is 360 g/mol. The normalized spacial score (nSPS) is 45.6. The monoisotopic (exact) mass is 359 g/mol. The van der Waals surface area contributed by atoms with Crippen molar-refractivity contribution < 1.29 is 14.3 Å². The van der Waals surface area contributed by atoms with Crippen LogP contribution < -0.4 is 5.32 Å². The van der Waals surface area contributed by atoms with Crippen molar-refractivity contribution in [3.63, 3.8) is 0 Å².